The Bertz CT molecular complexity index is 302. The number of carboxylic acid groups (broad SMARTS) is 1. The highest BCUT2D eigenvalue weighted by molar-refractivity contribution is 7.09. The Morgan fingerprint density at radius 3 is 2.73 bits per heavy atom. The average Bonchev–Trinajstić information content (AvgIpc) is 2.63. The Kier molecular flexibility index (Phi) is 4.44. The van der Waals surface area contributed by atoms with Crippen molar-refractivity contribution in [3.05, 3.63) is 6.33 Å². The van der Waals surface area contributed by atoms with Crippen LogP contribution in [0.5, 0.6) is 0 Å². The van der Waals surface area contributed by atoms with Crippen LogP contribution in [0.15, 0.2) is 6.33 Å². The van der Waals surface area contributed by atoms with Gasteiger partial charge in [0.25, 0.3) is 0 Å². The largest absolute Gasteiger partial charge is 0.480 e. The summed E-state index contributed by atoms with van der Waals surface area (Å²) < 4.78 is 3.86. The number of nitrogens with zero attached hydrogens (tertiary/aromatic N) is 4. The molecule has 0 saturated heterocycles. The van der Waals surface area contributed by atoms with E-state index in [9.17, 15) is 4.79 Å². The predicted octanol–water partition coefficient (Wildman–Crippen LogP) is -0.00930. The fourth-order valence-electron chi connectivity index (χ4n) is 1.03. The normalized spacial score (nSPS) is 10.6. The van der Waals surface area contributed by atoms with Crippen LogP contribution in [0.4, 0.5) is 5.13 Å². The summed E-state index contributed by atoms with van der Waals surface area (Å²) in [6.07, 6.45) is 1.44. The second kappa shape index (κ2) is 5.62. The minimum atomic E-state index is -0.857. The highest BCUT2D eigenvalue weighted by atomic mass is 32.1. The van der Waals surface area contributed by atoms with Gasteiger partial charge < -0.3 is 14.9 Å². The van der Waals surface area contributed by atoms with Gasteiger partial charge in [0.2, 0.25) is 5.13 Å². The van der Waals surface area contributed by atoms with Crippen molar-refractivity contribution in [3.8, 4) is 0 Å². The molecule has 1 N–H and O–H groups in total. The first kappa shape index (κ1) is 11.9. The molecule has 1 heterocycles. The first-order chi connectivity index (χ1) is 7.09. The van der Waals surface area contributed by atoms with Crippen molar-refractivity contribution < 1.29 is 9.90 Å². The van der Waals surface area contributed by atoms with Gasteiger partial charge in [0.15, 0.2) is 0 Å². The fourth-order valence-corrected chi connectivity index (χ4v) is 1.59. The molecule has 0 aliphatic rings. The highest BCUT2D eigenvalue weighted by Crippen LogP contribution is 2.13. The second-order valence-electron chi connectivity index (χ2n) is 3.34. The van der Waals surface area contributed by atoms with Crippen LogP contribution in [0.25, 0.3) is 0 Å². The van der Waals surface area contributed by atoms with Gasteiger partial charge in [-0.2, -0.15) is 4.37 Å². The van der Waals surface area contributed by atoms with Gasteiger partial charge in [0.05, 0.1) is 0 Å². The first-order valence-corrected chi connectivity index (χ1v) is 5.25. The molecule has 0 bridgehead atoms. The standard InChI is InChI=1S/C8H14N4O2S/c1-11(2)3-4-12(5-7(13)14)8-9-6-10-15-8/h6H,3-5H2,1-2H3,(H,13,14). The lowest BCUT2D eigenvalue weighted by atomic mass is 10.5. The number of aliphatic carboxylic acids is 1. The van der Waals surface area contributed by atoms with E-state index >= 15 is 0 Å². The van der Waals surface area contributed by atoms with Gasteiger partial charge in [0.1, 0.15) is 12.9 Å². The lowest BCUT2D eigenvalue weighted by molar-refractivity contribution is -0.135. The van der Waals surface area contributed by atoms with E-state index < -0.39 is 5.97 Å². The lowest BCUT2D eigenvalue weighted by Crippen LogP contribution is -2.35. The van der Waals surface area contributed by atoms with Crippen molar-refractivity contribution in [1.82, 2.24) is 14.3 Å². The van der Waals surface area contributed by atoms with Crippen molar-refractivity contribution in [2.75, 3.05) is 38.6 Å². The van der Waals surface area contributed by atoms with Gasteiger partial charge in [-0.25, -0.2) is 4.98 Å². The Labute approximate surface area is 92.3 Å². The third kappa shape index (κ3) is 4.22. The molecule has 0 unspecified atom stereocenters. The molecule has 1 aromatic heterocycles. The number of hydrogen-bond acceptors (Lipinski definition) is 6. The summed E-state index contributed by atoms with van der Waals surface area (Å²) in [5.41, 5.74) is 0. The first-order valence-electron chi connectivity index (χ1n) is 4.47. The van der Waals surface area contributed by atoms with Crippen molar-refractivity contribution in [2.24, 2.45) is 0 Å². The van der Waals surface area contributed by atoms with Crippen LogP contribution < -0.4 is 4.90 Å². The van der Waals surface area contributed by atoms with E-state index in [1.54, 1.807) is 4.90 Å². The molecular formula is C8H14N4O2S. The third-order valence-electron chi connectivity index (χ3n) is 1.76. The van der Waals surface area contributed by atoms with Gasteiger partial charge >= 0.3 is 5.97 Å². The molecule has 0 spiro atoms. The van der Waals surface area contributed by atoms with Crippen molar-refractivity contribution >= 4 is 22.6 Å². The number of likely N-dealkylation sites (N-methyl/N-ethyl adjacent to an activating group) is 1. The van der Waals surface area contributed by atoms with Crippen LogP contribution >= 0.6 is 11.5 Å². The highest BCUT2D eigenvalue weighted by Gasteiger charge is 2.13. The van der Waals surface area contributed by atoms with Crippen molar-refractivity contribution in [3.63, 3.8) is 0 Å². The molecule has 0 fully saturated rings. The topological polar surface area (TPSA) is 69.6 Å². The summed E-state index contributed by atoms with van der Waals surface area (Å²) in [6.45, 7) is 1.38. The van der Waals surface area contributed by atoms with Crippen LogP contribution in [0.1, 0.15) is 0 Å². The SMILES string of the molecule is CN(C)CCN(CC(=O)O)c1ncns1. The van der Waals surface area contributed by atoms with Crippen molar-refractivity contribution in [2.45, 2.75) is 0 Å². The van der Waals surface area contributed by atoms with E-state index in [-0.39, 0.29) is 6.54 Å². The van der Waals surface area contributed by atoms with Crippen LogP contribution in [-0.2, 0) is 4.79 Å². The van der Waals surface area contributed by atoms with E-state index in [4.69, 9.17) is 5.11 Å². The van der Waals surface area contributed by atoms with E-state index in [1.165, 1.54) is 17.9 Å². The molecule has 1 rings (SSSR count). The average molecular weight is 230 g/mol. The van der Waals surface area contributed by atoms with Crippen molar-refractivity contribution in [1.29, 1.82) is 0 Å². The number of carboxylic acids is 1. The molecule has 0 aliphatic heterocycles. The maximum absolute atomic E-state index is 10.7. The summed E-state index contributed by atoms with van der Waals surface area (Å²) in [6, 6.07) is 0. The Balaban J connectivity index is 2.57. The lowest BCUT2D eigenvalue weighted by Gasteiger charge is -2.21. The summed E-state index contributed by atoms with van der Waals surface area (Å²) in [7, 11) is 3.89. The third-order valence-corrected chi connectivity index (χ3v) is 2.49. The van der Waals surface area contributed by atoms with Crippen LogP contribution in [0.3, 0.4) is 0 Å². The Morgan fingerprint density at radius 1 is 1.53 bits per heavy atom. The summed E-state index contributed by atoms with van der Waals surface area (Å²) in [5.74, 6) is -0.857. The molecule has 7 heteroatoms. The van der Waals surface area contributed by atoms with Gasteiger partial charge in [-0.15, -0.1) is 0 Å². The number of hydrogen-bond donors (Lipinski definition) is 1. The number of carbonyl (C=O) groups is 1. The minimum absolute atomic E-state index is 0.0387. The monoisotopic (exact) mass is 230 g/mol. The number of rotatable bonds is 6. The maximum atomic E-state index is 10.7. The Hall–Kier alpha value is -1.21. The molecule has 0 saturated carbocycles. The quantitative estimate of drug-likeness (QED) is 0.741. The molecule has 0 aliphatic carbocycles. The summed E-state index contributed by atoms with van der Waals surface area (Å²) >= 11 is 1.21. The molecule has 0 atom stereocenters. The van der Waals surface area contributed by atoms with Crippen LogP contribution in [0, 0.1) is 0 Å². The number of aromatic nitrogens is 2. The summed E-state index contributed by atoms with van der Waals surface area (Å²) in [4.78, 5) is 18.4. The number of anilines is 1. The zero-order valence-corrected chi connectivity index (χ0v) is 9.57. The smallest absolute Gasteiger partial charge is 0.323 e. The molecule has 84 valence electrons. The van der Waals surface area contributed by atoms with E-state index in [1.807, 2.05) is 19.0 Å². The zero-order chi connectivity index (χ0) is 11.3. The van der Waals surface area contributed by atoms with Crippen LogP contribution in [-0.4, -0.2) is 59.1 Å². The fraction of sp³-hybridized carbons (Fsp3) is 0.625. The molecule has 15 heavy (non-hydrogen) atoms. The van der Waals surface area contributed by atoms with E-state index in [2.05, 4.69) is 9.36 Å². The molecule has 0 aromatic carbocycles. The summed E-state index contributed by atoms with van der Waals surface area (Å²) in [5, 5.41) is 9.40. The predicted molar refractivity (Wildman–Crippen MR) is 58.3 cm³/mol. The molecule has 6 nitrogen and oxygen atoms in total. The zero-order valence-electron chi connectivity index (χ0n) is 8.75. The van der Waals surface area contributed by atoms with E-state index in [0.29, 0.717) is 11.7 Å². The van der Waals surface area contributed by atoms with Gasteiger partial charge in [-0.05, 0) is 14.1 Å². The molecule has 0 radical (unpaired) electrons. The molecule has 0 amide bonds. The van der Waals surface area contributed by atoms with Gasteiger partial charge in [0, 0.05) is 24.6 Å². The molecular weight excluding hydrogens is 216 g/mol. The Morgan fingerprint density at radius 2 is 2.27 bits per heavy atom. The van der Waals surface area contributed by atoms with Gasteiger partial charge in [-0.3, -0.25) is 4.79 Å². The minimum Gasteiger partial charge on any atom is -0.480 e. The molecule has 1 aromatic rings. The second-order valence-corrected chi connectivity index (χ2v) is 4.10. The maximum Gasteiger partial charge on any atom is 0.323 e. The van der Waals surface area contributed by atoms with Crippen LogP contribution in [0.2, 0.25) is 0 Å². The van der Waals surface area contributed by atoms with Gasteiger partial charge in [-0.1, -0.05) is 0 Å². The van der Waals surface area contributed by atoms with E-state index in [0.717, 1.165) is 6.54 Å².